The van der Waals surface area contributed by atoms with Gasteiger partial charge in [-0.15, -0.1) is 0 Å². The van der Waals surface area contributed by atoms with Crippen molar-refractivity contribution in [2.45, 2.75) is 6.54 Å². The Bertz CT molecular complexity index is 845. The number of hydrogen-bond acceptors (Lipinski definition) is 2. The summed E-state index contributed by atoms with van der Waals surface area (Å²) in [6.07, 6.45) is 1.85. The molecule has 0 saturated heterocycles. The number of nitrogen functional groups attached to an aromatic ring is 1. The van der Waals surface area contributed by atoms with Gasteiger partial charge < -0.3 is 17.0 Å². The van der Waals surface area contributed by atoms with Gasteiger partial charge in [0.2, 0.25) is 0 Å². The number of nitrogens with zero attached hydrogens (tertiary/aromatic N) is 2. The van der Waals surface area contributed by atoms with Gasteiger partial charge in [-0.1, -0.05) is 30.3 Å². The lowest BCUT2D eigenvalue weighted by atomic mass is 10.1. The van der Waals surface area contributed by atoms with Crippen molar-refractivity contribution in [3.05, 3.63) is 72.2 Å². The first-order valence-corrected chi connectivity index (χ1v) is 7.25. The van der Waals surface area contributed by atoms with Crippen molar-refractivity contribution < 1.29 is 30.7 Å². The Hall–Kier alpha value is -2.47. The number of benzene rings is 2. The number of halogens is 2. The second kappa shape index (κ2) is 7.40. The van der Waals surface area contributed by atoms with Crippen LogP contribution in [-0.2, 0) is 13.6 Å². The zero-order valence-corrected chi connectivity index (χ0v) is 14.7. The van der Waals surface area contributed by atoms with Crippen LogP contribution in [0.15, 0.2) is 60.8 Å². The molecule has 1 heterocycles. The fourth-order valence-corrected chi connectivity index (χ4v) is 2.50. The molecule has 0 amide bonds. The van der Waals surface area contributed by atoms with E-state index in [0.29, 0.717) is 11.5 Å². The summed E-state index contributed by atoms with van der Waals surface area (Å²) in [5, 5.41) is 0. The monoisotopic (exact) mass is 389 g/mol. The fourth-order valence-electron chi connectivity index (χ4n) is 2.50. The number of hydrogen-bond donors (Lipinski definition) is 1. The summed E-state index contributed by atoms with van der Waals surface area (Å²) >= 11 is 0. The number of imidazole rings is 1. The van der Waals surface area contributed by atoms with Gasteiger partial charge in [0.25, 0.3) is 0 Å². The van der Waals surface area contributed by atoms with Gasteiger partial charge in [-0.2, -0.15) is 0 Å². The lowest BCUT2D eigenvalue weighted by Gasteiger charge is -2.00. The van der Waals surface area contributed by atoms with Gasteiger partial charge in [-0.25, -0.2) is 13.5 Å². The van der Waals surface area contributed by atoms with Gasteiger partial charge in [-0.3, -0.25) is 10.5 Å². The van der Waals surface area contributed by atoms with Gasteiger partial charge in [0.15, 0.2) is 5.78 Å². The van der Waals surface area contributed by atoms with E-state index in [1.807, 2.05) is 48.1 Å². The quantitative estimate of drug-likeness (QED) is 0.487. The van der Waals surface area contributed by atoms with Crippen LogP contribution in [0.4, 0.5) is 10.3 Å². The Balaban J connectivity index is 0.00000208. The summed E-state index contributed by atoms with van der Waals surface area (Å²) in [6, 6.07) is 15.3. The molecule has 3 rings (SSSR count). The Kier molecular flexibility index (Phi) is 5.51. The minimum Gasteiger partial charge on any atom is -1.00 e. The highest BCUT2D eigenvalue weighted by Gasteiger charge is 2.20. The molecule has 4 nitrogen and oxygen atoms in total. The second-order valence-corrected chi connectivity index (χ2v) is 5.36. The van der Waals surface area contributed by atoms with Crippen molar-refractivity contribution in [3.8, 4) is 11.3 Å². The third-order valence-corrected chi connectivity index (χ3v) is 3.83. The predicted octanol–water partition coefficient (Wildman–Crippen LogP) is -0.412. The van der Waals surface area contributed by atoms with Gasteiger partial charge in [0, 0.05) is 11.1 Å². The van der Waals surface area contributed by atoms with Crippen LogP contribution in [0.25, 0.3) is 11.3 Å². The van der Waals surface area contributed by atoms with Gasteiger partial charge >= 0.3 is 5.95 Å². The van der Waals surface area contributed by atoms with Crippen molar-refractivity contribution in [2.75, 3.05) is 5.73 Å². The summed E-state index contributed by atoms with van der Waals surface area (Å²) in [7, 11) is 1.86. The first kappa shape index (κ1) is 17.9. The van der Waals surface area contributed by atoms with E-state index in [-0.39, 0.29) is 35.1 Å². The van der Waals surface area contributed by atoms with E-state index < -0.39 is 0 Å². The van der Waals surface area contributed by atoms with Crippen molar-refractivity contribution >= 4 is 11.7 Å². The molecule has 0 fully saturated rings. The Labute approximate surface area is 150 Å². The molecule has 124 valence electrons. The van der Waals surface area contributed by atoms with Crippen LogP contribution in [0.2, 0.25) is 0 Å². The maximum atomic E-state index is 12.9. The average Bonchev–Trinajstić information content (AvgIpc) is 2.85. The van der Waals surface area contributed by atoms with E-state index in [2.05, 4.69) is 0 Å². The highest BCUT2D eigenvalue weighted by atomic mass is 79.9. The number of nitrogens with two attached hydrogens (primary N) is 1. The third kappa shape index (κ3) is 3.54. The van der Waals surface area contributed by atoms with E-state index >= 15 is 0 Å². The van der Waals surface area contributed by atoms with Gasteiger partial charge in [0.1, 0.15) is 24.3 Å². The molecule has 0 atom stereocenters. The highest BCUT2D eigenvalue weighted by Crippen LogP contribution is 2.19. The van der Waals surface area contributed by atoms with Crippen molar-refractivity contribution in [3.63, 3.8) is 0 Å². The molecule has 0 unspecified atom stereocenters. The molecular formula is C18H17BrFN3O. The molecule has 2 N–H and O–H groups in total. The molecule has 1 aromatic heterocycles. The summed E-state index contributed by atoms with van der Waals surface area (Å²) in [4.78, 5) is 12.3. The number of Topliss-reactive ketones (excluding diaryl/α,β-unsaturated/α-hetero) is 1. The lowest BCUT2D eigenvalue weighted by molar-refractivity contribution is -0.667. The molecule has 0 spiro atoms. The highest BCUT2D eigenvalue weighted by molar-refractivity contribution is 5.95. The van der Waals surface area contributed by atoms with Crippen LogP contribution in [0.1, 0.15) is 10.4 Å². The van der Waals surface area contributed by atoms with Crippen molar-refractivity contribution in [2.24, 2.45) is 7.05 Å². The minimum absolute atomic E-state index is 0. The molecule has 0 aliphatic heterocycles. The number of aromatic nitrogens is 2. The second-order valence-electron chi connectivity index (χ2n) is 5.36. The SMILES string of the molecule is Cn1c(-c2ccccc2)c[n+](CC(=O)c2ccc(F)cc2)c1N.[Br-]. The summed E-state index contributed by atoms with van der Waals surface area (Å²) in [5.41, 5.74) is 8.52. The fraction of sp³-hybridized carbons (Fsp3) is 0.111. The van der Waals surface area contributed by atoms with Crippen molar-refractivity contribution in [1.29, 1.82) is 0 Å². The normalized spacial score (nSPS) is 10.2. The first-order chi connectivity index (χ1) is 11.1. The molecule has 0 bridgehead atoms. The molecule has 3 aromatic rings. The largest absolute Gasteiger partial charge is 1.00 e. The molecular weight excluding hydrogens is 373 g/mol. The zero-order valence-electron chi connectivity index (χ0n) is 13.1. The third-order valence-electron chi connectivity index (χ3n) is 3.83. The van der Waals surface area contributed by atoms with Crippen LogP contribution in [0, 0.1) is 5.82 Å². The van der Waals surface area contributed by atoms with Crippen LogP contribution in [-0.4, -0.2) is 10.4 Å². The van der Waals surface area contributed by atoms with Crippen LogP contribution >= 0.6 is 0 Å². The van der Waals surface area contributed by atoms with E-state index in [4.69, 9.17) is 5.73 Å². The number of carbonyl (C=O) groups is 1. The summed E-state index contributed by atoms with van der Waals surface area (Å²) in [6.45, 7) is 0.109. The van der Waals surface area contributed by atoms with Crippen LogP contribution in [0.5, 0.6) is 0 Å². The number of rotatable bonds is 4. The number of ketones is 1. The van der Waals surface area contributed by atoms with E-state index in [9.17, 15) is 9.18 Å². The Morgan fingerprint density at radius 1 is 1.12 bits per heavy atom. The minimum atomic E-state index is -0.361. The van der Waals surface area contributed by atoms with Crippen LogP contribution < -0.4 is 27.3 Å². The predicted molar refractivity (Wildman–Crippen MR) is 86.2 cm³/mol. The molecule has 6 heteroatoms. The standard InChI is InChI=1S/C18H16FN3O.BrH/c1-21-16(13-5-3-2-4-6-13)11-22(18(21)20)12-17(23)14-7-9-15(19)10-8-14;/h2-11,20H,12H2,1H3;1H. The smallest absolute Gasteiger partial charge is 0.355 e. The average molecular weight is 390 g/mol. The maximum Gasteiger partial charge on any atom is 0.355 e. The molecule has 2 aromatic carbocycles. The van der Waals surface area contributed by atoms with Crippen LogP contribution in [0.3, 0.4) is 0 Å². The topological polar surface area (TPSA) is 51.9 Å². The number of carbonyl (C=O) groups excluding carboxylic acids is 1. The maximum absolute atomic E-state index is 12.9. The zero-order chi connectivity index (χ0) is 16.4. The van der Waals surface area contributed by atoms with E-state index in [0.717, 1.165) is 11.3 Å². The summed E-state index contributed by atoms with van der Waals surface area (Å²) in [5.74, 6) is 0.00557. The Morgan fingerprint density at radius 3 is 2.38 bits per heavy atom. The van der Waals surface area contributed by atoms with E-state index in [1.165, 1.54) is 24.3 Å². The molecule has 24 heavy (non-hydrogen) atoms. The molecule has 0 aliphatic carbocycles. The van der Waals surface area contributed by atoms with Crippen molar-refractivity contribution in [1.82, 2.24) is 4.57 Å². The molecule has 0 radical (unpaired) electrons. The summed E-state index contributed by atoms with van der Waals surface area (Å²) < 4.78 is 16.5. The van der Waals surface area contributed by atoms with E-state index in [1.54, 1.807) is 4.57 Å². The Morgan fingerprint density at radius 2 is 1.75 bits per heavy atom. The lowest BCUT2D eigenvalue weighted by Crippen LogP contribution is -3.00. The molecule has 0 aliphatic rings. The number of anilines is 1. The first-order valence-electron chi connectivity index (χ1n) is 7.25. The van der Waals surface area contributed by atoms with Gasteiger partial charge in [0.05, 0.1) is 7.05 Å². The molecule has 0 saturated carbocycles. The van der Waals surface area contributed by atoms with Gasteiger partial charge in [-0.05, 0) is 24.3 Å².